The van der Waals surface area contributed by atoms with Gasteiger partial charge in [0, 0.05) is 21.5 Å². The van der Waals surface area contributed by atoms with Crippen molar-refractivity contribution in [3.63, 3.8) is 0 Å². The molecule has 2 aromatic carbocycles. The lowest BCUT2D eigenvalue weighted by molar-refractivity contribution is 1.41. The van der Waals surface area contributed by atoms with Crippen LogP contribution in [0.3, 0.4) is 0 Å². The molecule has 0 saturated carbocycles. The molecule has 0 bridgehead atoms. The summed E-state index contributed by atoms with van der Waals surface area (Å²) in [6.07, 6.45) is 0. The highest BCUT2D eigenvalue weighted by molar-refractivity contribution is 7.07. The Morgan fingerprint density at radius 3 is 2.56 bits per heavy atom. The molecule has 18 heavy (non-hydrogen) atoms. The predicted molar refractivity (Wildman–Crippen MR) is 78.0 cm³/mol. The van der Waals surface area contributed by atoms with Gasteiger partial charge in [0.1, 0.15) is 0 Å². The fourth-order valence-electron chi connectivity index (χ4n) is 1.90. The molecule has 0 aliphatic carbocycles. The topological polar surface area (TPSA) is 12.9 Å². The second-order valence-electron chi connectivity index (χ2n) is 3.93. The van der Waals surface area contributed by atoms with Crippen LogP contribution >= 0.6 is 22.9 Å². The van der Waals surface area contributed by atoms with Crippen LogP contribution in [0, 0.1) is 0 Å². The number of hydrogen-bond acceptors (Lipinski definition) is 2. The molecule has 0 spiro atoms. The van der Waals surface area contributed by atoms with Crippen LogP contribution in [0.15, 0.2) is 59.4 Å². The van der Waals surface area contributed by atoms with Gasteiger partial charge in [-0.3, -0.25) is 0 Å². The molecule has 3 aromatic rings. The molecule has 0 radical (unpaired) electrons. The molecule has 0 fully saturated rings. The molecule has 0 aliphatic heterocycles. The number of rotatable bonds is 2. The number of hydrogen-bond donors (Lipinski definition) is 0. The highest BCUT2D eigenvalue weighted by atomic mass is 35.5. The Morgan fingerprint density at radius 2 is 1.78 bits per heavy atom. The van der Waals surface area contributed by atoms with Gasteiger partial charge in [-0.25, -0.2) is 4.98 Å². The van der Waals surface area contributed by atoms with Gasteiger partial charge >= 0.3 is 0 Å². The molecule has 0 saturated heterocycles. The summed E-state index contributed by atoms with van der Waals surface area (Å²) in [4.78, 5) is 4.33. The van der Waals surface area contributed by atoms with Crippen LogP contribution in [0.5, 0.6) is 0 Å². The number of halogens is 1. The van der Waals surface area contributed by atoms with E-state index in [-0.39, 0.29) is 0 Å². The molecule has 0 atom stereocenters. The second-order valence-corrected chi connectivity index (χ2v) is 5.06. The summed E-state index contributed by atoms with van der Waals surface area (Å²) in [5, 5.41) is 2.82. The first-order chi connectivity index (χ1) is 8.84. The van der Waals surface area contributed by atoms with Crippen LogP contribution < -0.4 is 0 Å². The van der Waals surface area contributed by atoms with Gasteiger partial charge in [0.15, 0.2) is 0 Å². The van der Waals surface area contributed by atoms with Crippen LogP contribution in [0.4, 0.5) is 0 Å². The Balaban J connectivity index is 2.10. The van der Waals surface area contributed by atoms with Crippen molar-refractivity contribution in [1.29, 1.82) is 0 Å². The van der Waals surface area contributed by atoms with Crippen LogP contribution in [-0.4, -0.2) is 4.98 Å². The average molecular weight is 272 g/mol. The van der Waals surface area contributed by atoms with E-state index in [2.05, 4.69) is 23.2 Å². The smallest absolute Gasteiger partial charge is 0.0811 e. The predicted octanol–water partition coefficient (Wildman–Crippen LogP) is 5.13. The van der Waals surface area contributed by atoms with Crippen molar-refractivity contribution in [2.24, 2.45) is 0 Å². The first-order valence-corrected chi connectivity index (χ1v) is 6.90. The lowest BCUT2D eigenvalue weighted by Gasteiger charge is -2.05. The minimum atomic E-state index is 0.771. The minimum Gasteiger partial charge on any atom is -0.245 e. The summed E-state index contributed by atoms with van der Waals surface area (Å²) in [5.41, 5.74) is 6.14. The molecular formula is C15H10ClNS. The van der Waals surface area contributed by atoms with Crippen molar-refractivity contribution in [3.8, 4) is 22.4 Å². The van der Waals surface area contributed by atoms with Gasteiger partial charge in [-0.2, -0.15) is 0 Å². The van der Waals surface area contributed by atoms with Gasteiger partial charge in [0.05, 0.1) is 11.2 Å². The van der Waals surface area contributed by atoms with Gasteiger partial charge in [-0.1, -0.05) is 48.0 Å². The van der Waals surface area contributed by atoms with E-state index in [4.69, 9.17) is 11.6 Å². The van der Waals surface area contributed by atoms with Gasteiger partial charge in [-0.05, 0) is 17.7 Å². The molecule has 0 aliphatic rings. The number of thiazole rings is 1. The fourth-order valence-corrected chi connectivity index (χ4v) is 2.70. The Bertz CT molecular complexity index is 662. The van der Waals surface area contributed by atoms with Crippen molar-refractivity contribution < 1.29 is 0 Å². The Labute approximate surface area is 115 Å². The van der Waals surface area contributed by atoms with Crippen molar-refractivity contribution in [3.05, 3.63) is 64.4 Å². The van der Waals surface area contributed by atoms with E-state index in [1.165, 1.54) is 0 Å². The van der Waals surface area contributed by atoms with E-state index in [0.717, 1.165) is 27.4 Å². The lowest BCUT2D eigenvalue weighted by Crippen LogP contribution is -1.82. The maximum Gasteiger partial charge on any atom is 0.0811 e. The summed E-state index contributed by atoms with van der Waals surface area (Å²) in [7, 11) is 0. The van der Waals surface area contributed by atoms with E-state index in [1.807, 2.05) is 41.2 Å². The third-order valence-electron chi connectivity index (χ3n) is 2.78. The van der Waals surface area contributed by atoms with E-state index in [9.17, 15) is 0 Å². The quantitative estimate of drug-likeness (QED) is 0.630. The van der Waals surface area contributed by atoms with Crippen molar-refractivity contribution >= 4 is 22.9 Å². The van der Waals surface area contributed by atoms with E-state index in [0.29, 0.717) is 0 Å². The molecule has 1 heterocycles. The van der Waals surface area contributed by atoms with Crippen LogP contribution in [0.25, 0.3) is 22.4 Å². The maximum absolute atomic E-state index is 6.22. The minimum absolute atomic E-state index is 0.771. The number of aromatic nitrogens is 1. The summed E-state index contributed by atoms with van der Waals surface area (Å²) in [6, 6.07) is 16.2. The maximum atomic E-state index is 6.22. The Hall–Kier alpha value is -1.64. The van der Waals surface area contributed by atoms with Crippen molar-refractivity contribution in [1.82, 2.24) is 4.98 Å². The van der Waals surface area contributed by atoms with Gasteiger partial charge in [0.2, 0.25) is 0 Å². The summed E-state index contributed by atoms with van der Waals surface area (Å²) in [5.74, 6) is 0. The van der Waals surface area contributed by atoms with Crippen molar-refractivity contribution in [2.45, 2.75) is 0 Å². The largest absolute Gasteiger partial charge is 0.245 e. The Morgan fingerprint density at radius 1 is 0.944 bits per heavy atom. The summed E-state index contributed by atoms with van der Waals surface area (Å²) >= 11 is 7.82. The number of nitrogens with zero attached hydrogens (tertiary/aromatic N) is 1. The molecule has 1 aromatic heterocycles. The van der Waals surface area contributed by atoms with E-state index in [1.54, 1.807) is 11.3 Å². The first kappa shape index (κ1) is 11.5. The molecule has 0 N–H and O–H groups in total. The van der Waals surface area contributed by atoms with Gasteiger partial charge in [0.25, 0.3) is 0 Å². The van der Waals surface area contributed by atoms with Crippen LogP contribution in [-0.2, 0) is 0 Å². The molecule has 3 heteroatoms. The zero-order valence-corrected chi connectivity index (χ0v) is 11.1. The normalized spacial score (nSPS) is 10.5. The molecule has 0 unspecified atom stereocenters. The molecule has 0 amide bonds. The Kier molecular flexibility index (Phi) is 3.13. The molecular weight excluding hydrogens is 262 g/mol. The highest BCUT2D eigenvalue weighted by Gasteiger charge is 2.05. The van der Waals surface area contributed by atoms with Gasteiger partial charge in [-0.15, -0.1) is 11.3 Å². The third-order valence-corrected chi connectivity index (χ3v) is 3.69. The highest BCUT2D eigenvalue weighted by Crippen LogP contribution is 2.30. The molecule has 88 valence electrons. The van der Waals surface area contributed by atoms with Crippen molar-refractivity contribution in [2.75, 3.05) is 0 Å². The zero-order chi connectivity index (χ0) is 12.4. The van der Waals surface area contributed by atoms with Crippen LogP contribution in [0.1, 0.15) is 0 Å². The summed E-state index contributed by atoms with van der Waals surface area (Å²) < 4.78 is 0. The molecule has 1 nitrogen and oxygen atoms in total. The first-order valence-electron chi connectivity index (χ1n) is 5.58. The summed E-state index contributed by atoms with van der Waals surface area (Å²) in [6.45, 7) is 0. The SMILES string of the molecule is Clc1ccccc1-c1cccc(-c2cscn2)c1. The monoisotopic (exact) mass is 271 g/mol. The second kappa shape index (κ2) is 4.92. The molecule has 3 rings (SSSR count). The standard InChI is InChI=1S/C15H10ClNS/c16-14-7-2-1-6-13(14)11-4-3-5-12(8-11)15-9-18-10-17-15/h1-10H. The van der Waals surface area contributed by atoms with Crippen LogP contribution in [0.2, 0.25) is 5.02 Å². The fraction of sp³-hybridized carbons (Fsp3) is 0. The zero-order valence-electron chi connectivity index (χ0n) is 9.51. The van der Waals surface area contributed by atoms with E-state index >= 15 is 0 Å². The average Bonchev–Trinajstić information content (AvgIpc) is 2.93. The van der Waals surface area contributed by atoms with E-state index < -0.39 is 0 Å². The third kappa shape index (κ3) is 2.17. The lowest BCUT2D eigenvalue weighted by atomic mass is 10.0. The van der Waals surface area contributed by atoms with Gasteiger partial charge < -0.3 is 0 Å². The number of benzene rings is 2.